The molecule has 0 fully saturated rings. The lowest BCUT2D eigenvalue weighted by molar-refractivity contribution is -0.143. The quantitative estimate of drug-likeness (QED) is 0.244. The summed E-state index contributed by atoms with van der Waals surface area (Å²) in [5.41, 5.74) is -2.06. The van der Waals surface area contributed by atoms with E-state index in [0.717, 1.165) is 0 Å². The molecule has 5 nitrogen and oxygen atoms in total. The van der Waals surface area contributed by atoms with Gasteiger partial charge in [-0.1, -0.05) is 42.1 Å². The topological polar surface area (TPSA) is 58.1 Å². The number of carbonyl (C=O) groups is 1. The second-order valence-electron chi connectivity index (χ2n) is 8.07. The van der Waals surface area contributed by atoms with Crippen molar-refractivity contribution >= 4 is 23.5 Å². The fourth-order valence-electron chi connectivity index (χ4n) is 3.89. The highest BCUT2D eigenvalue weighted by atomic mass is 32.2. The first-order valence-corrected chi connectivity index (χ1v) is 12.0. The van der Waals surface area contributed by atoms with Crippen LogP contribution in [-0.4, -0.2) is 40.1 Å². The van der Waals surface area contributed by atoms with Crippen LogP contribution in [0.5, 0.6) is 0 Å². The standard InChI is InChI=1S/C24H20F6N4OS/c1-36-22-32-19(15-6-3-2-4-7-15)18-20(33-22)31-8-5-9-34(21(18)35)13-14-10-16(23(25,26)27)12-17(11-14)24(28,29)30/h2-4,6-7,10-12H,5,8-9,13H2,1H3,(H,31,32,33). The number of nitrogens with zero attached hydrogens (tertiary/aromatic N) is 3. The maximum Gasteiger partial charge on any atom is 0.416 e. The highest BCUT2D eigenvalue weighted by Gasteiger charge is 2.37. The van der Waals surface area contributed by atoms with Crippen LogP contribution in [0.3, 0.4) is 0 Å². The van der Waals surface area contributed by atoms with Crippen molar-refractivity contribution < 1.29 is 31.1 Å². The van der Waals surface area contributed by atoms with Crippen molar-refractivity contribution in [2.75, 3.05) is 24.7 Å². The molecule has 2 aromatic carbocycles. The minimum Gasteiger partial charge on any atom is -0.369 e. The number of hydrogen-bond acceptors (Lipinski definition) is 5. The van der Waals surface area contributed by atoms with Gasteiger partial charge in [-0.3, -0.25) is 4.79 Å². The average molecular weight is 527 g/mol. The van der Waals surface area contributed by atoms with E-state index in [-0.39, 0.29) is 29.6 Å². The Bertz CT molecular complexity index is 1230. The molecule has 0 saturated carbocycles. The maximum atomic E-state index is 13.7. The Labute approximate surface area is 206 Å². The van der Waals surface area contributed by atoms with Gasteiger partial charge in [-0.2, -0.15) is 26.3 Å². The molecule has 1 aromatic heterocycles. The summed E-state index contributed by atoms with van der Waals surface area (Å²) in [4.78, 5) is 23.8. The van der Waals surface area contributed by atoms with Gasteiger partial charge in [0.25, 0.3) is 5.91 Å². The maximum absolute atomic E-state index is 13.7. The number of alkyl halides is 6. The number of carbonyl (C=O) groups excluding carboxylic acids is 1. The number of amides is 1. The van der Waals surface area contributed by atoms with E-state index < -0.39 is 35.9 Å². The normalized spacial score (nSPS) is 14.6. The lowest BCUT2D eigenvalue weighted by atomic mass is 10.0. The predicted molar refractivity (Wildman–Crippen MR) is 124 cm³/mol. The summed E-state index contributed by atoms with van der Waals surface area (Å²) in [5.74, 6) is -0.322. The fraction of sp³-hybridized carbons (Fsp3) is 0.292. The van der Waals surface area contributed by atoms with Crippen molar-refractivity contribution in [1.29, 1.82) is 0 Å². The third-order valence-corrected chi connectivity index (χ3v) is 6.09. The molecule has 1 aliphatic rings. The highest BCUT2D eigenvalue weighted by Crippen LogP contribution is 2.37. The highest BCUT2D eigenvalue weighted by molar-refractivity contribution is 7.98. The monoisotopic (exact) mass is 526 g/mol. The van der Waals surface area contributed by atoms with Crippen molar-refractivity contribution in [3.05, 3.63) is 70.8 Å². The molecule has 190 valence electrons. The molecule has 4 rings (SSSR count). The van der Waals surface area contributed by atoms with E-state index >= 15 is 0 Å². The molecule has 12 heteroatoms. The molecule has 3 aromatic rings. The molecule has 1 N–H and O–H groups in total. The van der Waals surface area contributed by atoms with Crippen LogP contribution in [0.25, 0.3) is 11.3 Å². The predicted octanol–water partition coefficient (Wildman–Crippen LogP) is 6.36. The van der Waals surface area contributed by atoms with Crippen molar-refractivity contribution in [2.45, 2.75) is 30.5 Å². The Balaban J connectivity index is 1.80. The van der Waals surface area contributed by atoms with E-state index in [0.29, 0.717) is 41.5 Å². The number of fused-ring (bicyclic) bond motifs is 1. The van der Waals surface area contributed by atoms with Crippen LogP contribution in [-0.2, 0) is 18.9 Å². The molecule has 1 amide bonds. The number of hydrogen-bond donors (Lipinski definition) is 1. The Morgan fingerprint density at radius 1 is 0.972 bits per heavy atom. The van der Waals surface area contributed by atoms with Gasteiger partial charge in [-0.05, 0) is 36.4 Å². The molecular formula is C24H20F6N4OS. The van der Waals surface area contributed by atoms with E-state index in [1.54, 1.807) is 36.6 Å². The average Bonchev–Trinajstić information content (AvgIpc) is 2.83. The molecule has 0 bridgehead atoms. The van der Waals surface area contributed by atoms with Gasteiger partial charge < -0.3 is 10.2 Å². The SMILES string of the molecule is CSc1nc2c(c(-c3ccccc3)n1)C(=O)N(Cc1cc(C(F)(F)F)cc(C(F)(F)F)c1)CCCN2. The van der Waals surface area contributed by atoms with Crippen LogP contribution in [0.1, 0.15) is 33.5 Å². The molecule has 2 heterocycles. The molecule has 0 saturated heterocycles. The van der Waals surface area contributed by atoms with Crippen molar-refractivity contribution in [3.8, 4) is 11.3 Å². The van der Waals surface area contributed by atoms with Crippen molar-refractivity contribution in [1.82, 2.24) is 14.9 Å². The number of thioether (sulfide) groups is 1. The molecular weight excluding hydrogens is 506 g/mol. The van der Waals surface area contributed by atoms with E-state index in [9.17, 15) is 31.1 Å². The van der Waals surface area contributed by atoms with E-state index in [1.165, 1.54) is 16.7 Å². The van der Waals surface area contributed by atoms with E-state index in [4.69, 9.17) is 0 Å². The zero-order valence-electron chi connectivity index (χ0n) is 18.9. The third kappa shape index (κ3) is 5.58. The van der Waals surface area contributed by atoms with Gasteiger partial charge in [-0.15, -0.1) is 0 Å². The number of aromatic nitrogens is 2. The zero-order chi connectivity index (χ0) is 26.1. The molecule has 0 unspecified atom stereocenters. The van der Waals surface area contributed by atoms with E-state index in [1.807, 2.05) is 0 Å². The van der Waals surface area contributed by atoms with Crippen LogP contribution in [0, 0.1) is 0 Å². The van der Waals surface area contributed by atoms with Crippen LogP contribution in [0.15, 0.2) is 53.7 Å². The van der Waals surface area contributed by atoms with Gasteiger partial charge in [0.05, 0.1) is 16.8 Å². The lowest BCUT2D eigenvalue weighted by Crippen LogP contribution is -2.36. The first kappa shape index (κ1) is 25.8. The number of rotatable bonds is 4. The largest absolute Gasteiger partial charge is 0.416 e. The lowest BCUT2D eigenvalue weighted by Gasteiger charge is -2.28. The van der Waals surface area contributed by atoms with Gasteiger partial charge in [0.15, 0.2) is 5.16 Å². The summed E-state index contributed by atoms with van der Waals surface area (Å²) in [5, 5.41) is 3.52. The van der Waals surface area contributed by atoms with Crippen LogP contribution >= 0.6 is 11.8 Å². The summed E-state index contributed by atoms with van der Waals surface area (Å²) in [7, 11) is 0. The summed E-state index contributed by atoms with van der Waals surface area (Å²) < 4.78 is 80.1. The Morgan fingerprint density at radius 2 is 1.61 bits per heavy atom. The second-order valence-corrected chi connectivity index (χ2v) is 8.84. The van der Waals surface area contributed by atoms with Gasteiger partial charge >= 0.3 is 12.4 Å². The van der Waals surface area contributed by atoms with Gasteiger partial charge in [0.2, 0.25) is 0 Å². The fourth-order valence-corrected chi connectivity index (χ4v) is 4.25. The van der Waals surface area contributed by atoms with Crippen molar-refractivity contribution in [3.63, 3.8) is 0 Å². The van der Waals surface area contributed by atoms with Crippen LogP contribution in [0.4, 0.5) is 32.2 Å². The van der Waals surface area contributed by atoms with E-state index in [2.05, 4.69) is 15.3 Å². The smallest absolute Gasteiger partial charge is 0.369 e. The Morgan fingerprint density at radius 3 is 2.19 bits per heavy atom. The number of halogens is 6. The number of nitrogens with one attached hydrogen (secondary N) is 1. The van der Waals surface area contributed by atoms with Crippen LogP contribution < -0.4 is 5.32 Å². The van der Waals surface area contributed by atoms with Gasteiger partial charge in [0, 0.05) is 25.2 Å². The minimum atomic E-state index is -4.98. The molecule has 0 atom stereocenters. The molecule has 1 aliphatic heterocycles. The first-order chi connectivity index (χ1) is 17.0. The number of anilines is 1. The summed E-state index contributed by atoms with van der Waals surface area (Å²) >= 11 is 1.27. The zero-order valence-corrected chi connectivity index (χ0v) is 19.7. The first-order valence-electron chi connectivity index (χ1n) is 10.8. The molecule has 0 radical (unpaired) electrons. The van der Waals surface area contributed by atoms with Crippen molar-refractivity contribution in [2.24, 2.45) is 0 Å². The van der Waals surface area contributed by atoms with Gasteiger partial charge in [-0.25, -0.2) is 9.97 Å². The Hall–Kier alpha value is -3.28. The molecule has 36 heavy (non-hydrogen) atoms. The third-order valence-electron chi connectivity index (χ3n) is 5.54. The summed E-state index contributed by atoms with van der Waals surface area (Å²) in [6.07, 6.45) is -7.76. The summed E-state index contributed by atoms with van der Waals surface area (Å²) in [6, 6.07) is 10.2. The minimum absolute atomic E-state index is 0.0727. The molecule has 0 aliphatic carbocycles. The van der Waals surface area contributed by atoms with Gasteiger partial charge in [0.1, 0.15) is 11.4 Å². The van der Waals surface area contributed by atoms with Crippen LogP contribution in [0.2, 0.25) is 0 Å². The Kier molecular flexibility index (Phi) is 7.17. The molecule has 0 spiro atoms. The second kappa shape index (κ2) is 10.00. The number of benzene rings is 2. The summed E-state index contributed by atoms with van der Waals surface area (Å²) in [6.45, 7) is 0.0669.